The number of benzene rings is 2. The van der Waals surface area contributed by atoms with Crippen molar-refractivity contribution in [1.29, 1.82) is 0 Å². The molecular weight excluding hydrogens is 462 g/mol. The van der Waals surface area contributed by atoms with E-state index in [0.29, 0.717) is 40.9 Å². The van der Waals surface area contributed by atoms with Gasteiger partial charge >= 0.3 is 0 Å². The Balaban J connectivity index is 1.63. The van der Waals surface area contributed by atoms with Crippen molar-refractivity contribution >= 4 is 27.3 Å². The molecule has 4 rings (SSSR count). The molecule has 1 atom stereocenters. The molecule has 0 spiro atoms. The van der Waals surface area contributed by atoms with Gasteiger partial charge in [-0.1, -0.05) is 30.7 Å². The molecule has 2 aromatic carbocycles. The summed E-state index contributed by atoms with van der Waals surface area (Å²) >= 11 is 5.97. The third kappa shape index (κ3) is 5.60. The lowest BCUT2D eigenvalue weighted by Crippen LogP contribution is -2.40. The highest BCUT2D eigenvalue weighted by molar-refractivity contribution is 7.91. The molecule has 0 aliphatic carbocycles. The third-order valence-electron chi connectivity index (χ3n) is 5.61. The van der Waals surface area contributed by atoms with Gasteiger partial charge in [0.05, 0.1) is 30.2 Å². The molecule has 1 aromatic heterocycles. The van der Waals surface area contributed by atoms with E-state index in [1.807, 2.05) is 37.3 Å². The second kappa shape index (κ2) is 10.0. The minimum Gasteiger partial charge on any atom is -0.493 e. The van der Waals surface area contributed by atoms with Gasteiger partial charge in [-0.05, 0) is 61.4 Å². The minimum absolute atomic E-state index is 0.0541. The maximum absolute atomic E-state index is 13.6. The van der Waals surface area contributed by atoms with E-state index in [2.05, 4.69) is 0 Å². The molecule has 33 heavy (non-hydrogen) atoms. The first kappa shape index (κ1) is 23.4. The van der Waals surface area contributed by atoms with Gasteiger partial charge in [-0.25, -0.2) is 8.42 Å². The summed E-state index contributed by atoms with van der Waals surface area (Å²) in [6.07, 6.45) is 1.21. The number of hydrogen-bond acceptors (Lipinski definition) is 5. The van der Waals surface area contributed by atoms with E-state index in [1.54, 1.807) is 35.2 Å². The van der Waals surface area contributed by atoms with E-state index >= 15 is 0 Å². The molecule has 0 N–H and O–H groups in total. The topological polar surface area (TPSA) is 76.8 Å². The van der Waals surface area contributed by atoms with Gasteiger partial charge in [0.1, 0.15) is 17.3 Å². The molecule has 1 aliphatic rings. The average Bonchev–Trinajstić information content (AvgIpc) is 3.42. The zero-order valence-electron chi connectivity index (χ0n) is 18.4. The van der Waals surface area contributed by atoms with Crippen molar-refractivity contribution in [1.82, 2.24) is 4.90 Å². The zero-order chi connectivity index (χ0) is 23.4. The number of rotatable bonds is 8. The standard InChI is InChI=1S/C25H26ClNO5S/c1-2-14-31-24-6-4-3-5-22(24)25(28)27(20-13-15-33(29,30)17-20)16-21-11-12-23(32-21)18-7-9-19(26)10-8-18/h3-12,20H,2,13-17H2,1H3/t20-/m1/s1. The van der Waals surface area contributed by atoms with Gasteiger partial charge in [-0.2, -0.15) is 0 Å². The van der Waals surface area contributed by atoms with Gasteiger partial charge in [0.15, 0.2) is 9.84 Å². The van der Waals surface area contributed by atoms with Gasteiger partial charge in [0, 0.05) is 16.6 Å². The van der Waals surface area contributed by atoms with Crippen LogP contribution in [-0.2, 0) is 16.4 Å². The van der Waals surface area contributed by atoms with Crippen LogP contribution in [0.25, 0.3) is 11.3 Å². The lowest BCUT2D eigenvalue weighted by Gasteiger charge is -2.28. The van der Waals surface area contributed by atoms with Crippen molar-refractivity contribution in [2.45, 2.75) is 32.4 Å². The van der Waals surface area contributed by atoms with Crippen molar-refractivity contribution in [2.75, 3.05) is 18.1 Å². The highest BCUT2D eigenvalue weighted by Crippen LogP contribution is 2.29. The SMILES string of the molecule is CCCOc1ccccc1C(=O)N(Cc1ccc(-c2ccc(Cl)cc2)o1)[C@@H]1CCS(=O)(=O)C1. The largest absolute Gasteiger partial charge is 0.493 e. The van der Waals surface area contributed by atoms with Crippen LogP contribution in [0.5, 0.6) is 5.75 Å². The van der Waals surface area contributed by atoms with Crippen molar-refractivity contribution in [2.24, 2.45) is 0 Å². The van der Waals surface area contributed by atoms with Crippen LogP contribution in [0.2, 0.25) is 5.02 Å². The Bertz CT molecular complexity index is 1220. The Morgan fingerprint density at radius 1 is 1.12 bits per heavy atom. The van der Waals surface area contributed by atoms with Crippen LogP contribution in [0.4, 0.5) is 0 Å². The Labute approximate surface area is 199 Å². The van der Waals surface area contributed by atoms with E-state index in [4.69, 9.17) is 20.8 Å². The maximum Gasteiger partial charge on any atom is 0.258 e. The number of furan rings is 1. The quantitative estimate of drug-likeness (QED) is 0.435. The molecule has 8 heteroatoms. The smallest absolute Gasteiger partial charge is 0.258 e. The fraction of sp³-hybridized carbons (Fsp3) is 0.320. The summed E-state index contributed by atoms with van der Waals surface area (Å²) < 4.78 is 36.2. The minimum atomic E-state index is -3.18. The second-order valence-corrected chi connectivity index (χ2v) is 10.8. The van der Waals surface area contributed by atoms with Crippen molar-refractivity contribution in [3.05, 3.63) is 77.0 Å². The number of carbonyl (C=O) groups is 1. The maximum atomic E-state index is 13.6. The molecule has 1 aliphatic heterocycles. The van der Waals surface area contributed by atoms with Crippen LogP contribution in [0.1, 0.15) is 35.9 Å². The van der Waals surface area contributed by atoms with Crippen molar-refractivity contribution in [3.63, 3.8) is 0 Å². The first-order valence-electron chi connectivity index (χ1n) is 10.9. The van der Waals surface area contributed by atoms with Crippen LogP contribution >= 0.6 is 11.6 Å². The molecule has 0 unspecified atom stereocenters. The number of hydrogen-bond donors (Lipinski definition) is 0. The van der Waals surface area contributed by atoms with Gasteiger partial charge in [0.2, 0.25) is 0 Å². The predicted octanol–water partition coefficient (Wildman–Crippen LogP) is 5.22. The average molecular weight is 488 g/mol. The summed E-state index contributed by atoms with van der Waals surface area (Å²) in [7, 11) is -3.18. The molecule has 0 saturated carbocycles. The summed E-state index contributed by atoms with van der Waals surface area (Å²) in [5.41, 5.74) is 1.28. The third-order valence-corrected chi connectivity index (χ3v) is 7.61. The van der Waals surface area contributed by atoms with E-state index in [1.165, 1.54) is 0 Å². The molecule has 1 saturated heterocycles. The van der Waals surface area contributed by atoms with Gasteiger partial charge in [-0.3, -0.25) is 4.79 Å². The van der Waals surface area contributed by atoms with Gasteiger partial charge in [-0.15, -0.1) is 0 Å². The normalized spacial score (nSPS) is 17.1. The summed E-state index contributed by atoms with van der Waals surface area (Å²) in [5, 5.41) is 0.633. The van der Waals surface area contributed by atoms with E-state index in [9.17, 15) is 13.2 Å². The molecule has 2 heterocycles. The predicted molar refractivity (Wildman–Crippen MR) is 128 cm³/mol. The molecule has 1 fully saturated rings. The fourth-order valence-corrected chi connectivity index (χ4v) is 5.78. The molecule has 1 amide bonds. The Morgan fingerprint density at radius 3 is 2.58 bits per heavy atom. The van der Waals surface area contributed by atoms with Crippen LogP contribution < -0.4 is 4.74 Å². The first-order valence-corrected chi connectivity index (χ1v) is 13.1. The van der Waals surface area contributed by atoms with Gasteiger partial charge < -0.3 is 14.1 Å². The highest BCUT2D eigenvalue weighted by Gasteiger charge is 2.36. The van der Waals surface area contributed by atoms with E-state index in [0.717, 1.165) is 12.0 Å². The number of para-hydroxylation sites is 1. The molecular formula is C25H26ClNO5S. The van der Waals surface area contributed by atoms with Crippen LogP contribution in [0.3, 0.4) is 0 Å². The number of nitrogens with zero attached hydrogens (tertiary/aromatic N) is 1. The van der Waals surface area contributed by atoms with Gasteiger partial charge in [0.25, 0.3) is 5.91 Å². The number of halogens is 1. The second-order valence-electron chi connectivity index (χ2n) is 8.11. The van der Waals surface area contributed by atoms with Crippen LogP contribution in [0.15, 0.2) is 65.1 Å². The molecule has 0 bridgehead atoms. The summed E-state index contributed by atoms with van der Waals surface area (Å²) in [6, 6.07) is 17.6. The number of sulfone groups is 1. The molecule has 0 radical (unpaired) electrons. The number of carbonyl (C=O) groups excluding carboxylic acids is 1. The summed E-state index contributed by atoms with van der Waals surface area (Å²) in [6.45, 7) is 2.65. The first-order chi connectivity index (χ1) is 15.9. The lowest BCUT2D eigenvalue weighted by molar-refractivity contribution is 0.0662. The summed E-state index contributed by atoms with van der Waals surface area (Å²) in [5.74, 6) is 1.47. The molecule has 3 aromatic rings. The zero-order valence-corrected chi connectivity index (χ0v) is 19.9. The van der Waals surface area contributed by atoms with Crippen molar-refractivity contribution < 1.29 is 22.4 Å². The Morgan fingerprint density at radius 2 is 1.88 bits per heavy atom. The van der Waals surface area contributed by atoms with E-state index < -0.39 is 15.9 Å². The van der Waals surface area contributed by atoms with E-state index in [-0.39, 0.29) is 24.0 Å². The number of amides is 1. The fourth-order valence-electron chi connectivity index (χ4n) is 3.92. The molecule has 174 valence electrons. The number of ether oxygens (including phenoxy) is 1. The van der Waals surface area contributed by atoms with Crippen molar-refractivity contribution in [3.8, 4) is 17.1 Å². The molecule has 6 nitrogen and oxygen atoms in total. The highest BCUT2D eigenvalue weighted by atomic mass is 35.5. The summed E-state index contributed by atoms with van der Waals surface area (Å²) in [4.78, 5) is 15.2. The monoisotopic (exact) mass is 487 g/mol. The van der Waals surface area contributed by atoms with Crippen LogP contribution in [-0.4, -0.2) is 43.4 Å². The van der Waals surface area contributed by atoms with Crippen LogP contribution in [0, 0.1) is 0 Å². The lowest BCUT2D eigenvalue weighted by atomic mass is 10.1. The Kier molecular flexibility index (Phi) is 7.10. The Hall–Kier alpha value is -2.77.